The minimum atomic E-state index is -1.05. The molecule has 0 spiro atoms. The number of halogens is 1. The molecule has 0 radical (unpaired) electrons. The maximum Gasteiger partial charge on any atom is 0.333 e. The molecule has 2 heterocycles. The van der Waals surface area contributed by atoms with Gasteiger partial charge < -0.3 is 20.7 Å². The molecule has 1 atom stereocenters. The summed E-state index contributed by atoms with van der Waals surface area (Å²) in [5, 5.41) is 14.6. The molecular formula is C24H21FN4O5S. The van der Waals surface area contributed by atoms with Crippen LogP contribution in [-0.2, 0) is 4.79 Å². The van der Waals surface area contributed by atoms with Crippen LogP contribution < -0.4 is 21.9 Å². The second-order valence-corrected chi connectivity index (χ2v) is 9.14. The first kappa shape index (κ1) is 23.9. The lowest BCUT2D eigenvalue weighted by molar-refractivity contribution is -0.137. The molecule has 0 aliphatic rings. The number of benzene rings is 2. The molecule has 1 unspecified atom stereocenters. The van der Waals surface area contributed by atoms with Crippen molar-refractivity contribution in [3.8, 4) is 5.69 Å². The summed E-state index contributed by atoms with van der Waals surface area (Å²) in [5.74, 6) is -2.19. The molecule has 0 saturated heterocycles. The molecular weight excluding hydrogens is 475 g/mol. The second-order valence-electron chi connectivity index (χ2n) is 7.82. The van der Waals surface area contributed by atoms with Gasteiger partial charge in [0.25, 0.3) is 11.5 Å². The van der Waals surface area contributed by atoms with Gasteiger partial charge in [0.05, 0.1) is 34.7 Å². The van der Waals surface area contributed by atoms with Crippen LogP contribution in [0.15, 0.2) is 58.1 Å². The minimum Gasteiger partial charge on any atom is -0.481 e. The molecule has 0 fully saturated rings. The van der Waals surface area contributed by atoms with Crippen LogP contribution in [0.2, 0.25) is 0 Å². The number of carboxylic acid groups (broad SMARTS) is 1. The number of hydrogen-bond acceptors (Lipinski definition) is 6. The predicted octanol–water partition coefficient (Wildman–Crippen LogP) is 3.18. The van der Waals surface area contributed by atoms with Gasteiger partial charge in [-0.15, -0.1) is 11.3 Å². The Kier molecular flexibility index (Phi) is 6.52. The summed E-state index contributed by atoms with van der Waals surface area (Å²) < 4.78 is 15.1. The van der Waals surface area contributed by atoms with Crippen molar-refractivity contribution in [3.63, 3.8) is 0 Å². The van der Waals surface area contributed by atoms with E-state index in [0.717, 1.165) is 20.4 Å². The van der Waals surface area contributed by atoms with Gasteiger partial charge in [0, 0.05) is 22.4 Å². The van der Waals surface area contributed by atoms with Gasteiger partial charge >= 0.3 is 11.7 Å². The van der Waals surface area contributed by atoms with Crippen molar-refractivity contribution in [2.75, 3.05) is 12.4 Å². The maximum absolute atomic E-state index is 14.2. The largest absolute Gasteiger partial charge is 0.481 e. The van der Waals surface area contributed by atoms with E-state index in [1.807, 2.05) is 13.0 Å². The molecule has 11 heteroatoms. The average molecular weight is 497 g/mol. The quantitative estimate of drug-likeness (QED) is 0.311. The minimum absolute atomic E-state index is 0.00864. The van der Waals surface area contributed by atoms with E-state index in [1.54, 1.807) is 6.07 Å². The van der Waals surface area contributed by atoms with Gasteiger partial charge in [-0.25, -0.2) is 13.8 Å². The lowest BCUT2D eigenvalue weighted by atomic mass is 10.1. The highest BCUT2D eigenvalue weighted by Gasteiger charge is 2.21. The fourth-order valence-corrected chi connectivity index (χ4v) is 4.63. The molecule has 4 rings (SSSR count). The average Bonchev–Trinajstić information content (AvgIpc) is 3.25. The van der Waals surface area contributed by atoms with Crippen LogP contribution in [0.5, 0.6) is 0 Å². The molecule has 0 saturated carbocycles. The Hall–Kier alpha value is -4.25. The normalized spacial score (nSPS) is 11.9. The highest BCUT2D eigenvalue weighted by molar-refractivity contribution is 7.12. The molecule has 0 aliphatic heterocycles. The molecule has 2 aromatic heterocycles. The number of rotatable bonds is 7. The first-order valence-electron chi connectivity index (χ1n) is 10.5. The van der Waals surface area contributed by atoms with Gasteiger partial charge in [0.1, 0.15) is 5.82 Å². The molecule has 4 aromatic rings. The SMILES string of the molecule is CNc1cc2[nH]c(=O)n(-c3ccc(C(=O)NC(CC(=O)O)c4ccc(C)s4)cc3)c(=O)c2cc1F. The van der Waals surface area contributed by atoms with Crippen molar-refractivity contribution in [2.45, 2.75) is 19.4 Å². The van der Waals surface area contributed by atoms with E-state index in [4.69, 9.17) is 0 Å². The number of aromatic amines is 1. The molecule has 180 valence electrons. The first-order valence-corrected chi connectivity index (χ1v) is 11.4. The summed E-state index contributed by atoms with van der Waals surface area (Å²) in [5.41, 5.74) is -0.706. The zero-order valence-corrected chi connectivity index (χ0v) is 19.5. The van der Waals surface area contributed by atoms with Gasteiger partial charge in [-0.1, -0.05) is 0 Å². The van der Waals surface area contributed by atoms with Crippen LogP contribution >= 0.6 is 11.3 Å². The van der Waals surface area contributed by atoms with E-state index < -0.39 is 35.0 Å². The molecule has 35 heavy (non-hydrogen) atoms. The summed E-state index contributed by atoms with van der Waals surface area (Å²) in [6.07, 6.45) is -0.280. The van der Waals surface area contributed by atoms with E-state index in [2.05, 4.69) is 15.6 Å². The number of aliphatic carboxylic acids is 1. The van der Waals surface area contributed by atoms with Crippen LogP contribution in [-0.4, -0.2) is 33.6 Å². The number of H-pyrrole nitrogens is 1. The fraction of sp³-hybridized carbons (Fsp3) is 0.167. The Labute approximate surface area is 201 Å². The lowest BCUT2D eigenvalue weighted by Crippen LogP contribution is -2.34. The second kappa shape index (κ2) is 9.55. The van der Waals surface area contributed by atoms with Crippen molar-refractivity contribution in [2.24, 2.45) is 0 Å². The van der Waals surface area contributed by atoms with E-state index in [9.17, 15) is 28.7 Å². The van der Waals surface area contributed by atoms with Gasteiger partial charge in [-0.2, -0.15) is 0 Å². The molecule has 9 nitrogen and oxygen atoms in total. The topological polar surface area (TPSA) is 133 Å². The highest BCUT2D eigenvalue weighted by atomic mass is 32.1. The third-order valence-corrected chi connectivity index (χ3v) is 6.55. The number of nitrogens with zero attached hydrogens (tertiary/aromatic N) is 1. The summed E-state index contributed by atoms with van der Waals surface area (Å²) in [4.78, 5) is 53.9. The number of carbonyl (C=O) groups excluding carboxylic acids is 1. The summed E-state index contributed by atoms with van der Waals surface area (Å²) in [6.45, 7) is 1.89. The predicted molar refractivity (Wildman–Crippen MR) is 131 cm³/mol. The summed E-state index contributed by atoms with van der Waals surface area (Å²) in [6, 6.07) is 11.0. The summed E-state index contributed by atoms with van der Waals surface area (Å²) in [7, 11) is 1.52. The number of aromatic nitrogens is 2. The maximum atomic E-state index is 14.2. The zero-order chi connectivity index (χ0) is 25.3. The number of anilines is 1. The number of hydrogen-bond donors (Lipinski definition) is 4. The number of amides is 1. The lowest BCUT2D eigenvalue weighted by Gasteiger charge is -2.16. The van der Waals surface area contributed by atoms with Crippen molar-refractivity contribution in [1.29, 1.82) is 0 Å². The Morgan fingerprint density at radius 1 is 1.14 bits per heavy atom. The van der Waals surface area contributed by atoms with Crippen molar-refractivity contribution in [3.05, 3.63) is 90.5 Å². The Bertz CT molecular complexity index is 1560. The standard InChI is InChI=1S/C24H21FN4O5S/c1-12-3-8-20(35-12)19(11-21(30)31)27-22(32)13-4-6-14(7-5-13)29-23(33)15-9-16(25)18(26-2)10-17(15)28-24(29)34/h3-10,19,26H,11H2,1-2H3,(H,27,32)(H,28,34)(H,30,31). The number of nitrogens with one attached hydrogen (secondary N) is 3. The molecule has 2 aromatic carbocycles. The third kappa shape index (κ3) is 4.85. The Balaban J connectivity index is 1.64. The summed E-state index contributed by atoms with van der Waals surface area (Å²) >= 11 is 1.40. The zero-order valence-electron chi connectivity index (χ0n) is 18.7. The Morgan fingerprint density at radius 2 is 1.86 bits per heavy atom. The van der Waals surface area contributed by atoms with Crippen LogP contribution in [0.4, 0.5) is 10.1 Å². The number of carboxylic acids is 1. The van der Waals surface area contributed by atoms with Crippen LogP contribution in [0.3, 0.4) is 0 Å². The van der Waals surface area contributed by atoms with E-state index in [-0.39, 0.29) is 34.3 Å². The monoisotopic (exact) mass is 496 g/mol. The Morgan fingerprint density at radius 3 is 2.46 bits per heavy atom. The van der Waals surface area contributed by atoms with Gasteiger partial charge in [0.15, 0.2) is 0 Å². The molecule has 0 bridgehead atoms. The molecule has 0 aliphatic carbocycles. The van der Waals surface area contributed by atoms with E-state index in [0.29, 0.717) is 0 Å². The van der Waals surface area contributed by atoms with Crippen molar-refractivity contribution < 1.29 is 19.1 Å². The van der Waals surface area contributed by atoms with Gasteiger partial charge in [-0.3, -0.25) is 14.4 Å². The van der Waals surface area contributed by atoms with Crippen molar-refractivity contribution in [1.82, 2.24) is 14.9 Å². The van der Waals surface area contributed by atoms with Gasteiger partial charge in [0.2, 0.25) is 0 Å². The highest BCUT2D eigenvalue weighted by Crippen LogP contribution is 2.26. The van der Waals surface area contributed by atoms with Crippen LogP contribution in [0.25, 0.3) is 16.6 Å². The van der Waals surface area contributed by atoms with E-state index >= 15 is 0 Å². The third-order valence-electron chi connectivity index (χ3n) is 5.43. The number of carbonyl (C=O) groups is 2. The van der Waals surface area contributed by atoms with Crippen LogP contribution in [0.1, 0.15) is 32.6 Å². The van der Waals surface area contributed by atoms with Gasteiger partial charge in [-0.05, 0) is 55.5 Å². The fourth-order valence-electron chi connectivity index (χ4n) is 3.71. The number of thiophene rings is 1. The smallest absolute Gasteiger partial charge is 0.333 e. The molecule has 1 amide bonds. The van der Waals surface area contributed by atoms with Crippen LogP contribution in [0, 0.1) is 12.7 Å². The first-order chi connectivity index (χ1) is 16.7. The number of aryl methyl sites for hydroxylation is 1. The number of fused-ring (bicyclic) bond motifs is 1. The van der Waals surface area contributed by atoms with E-state index in [1.165, 1.54) is 48.7 Å². The molecule has 4 N–H and O–H groups in total. The van der Waals surface area contributed by atoms with Crippen molar-refractivity contribution >= 4 is 39.8 Å².